The standard InChI is InChI=1S/C4H3N5O2/c5-4-7-2(10)1(9-6)3(11)8-4/h(H3-,5,7,8,10,11)/p+1. The number of nitrogens with one attached hydrogen (secondary N) is 1. The molecule has 0 atom stereocenters. The molecule has 0 spiro atoms. The monoisotopic (exact) mass is 154 g/mol. The molecule has 0 radical (unpaired) electrons. The van der Waals surface area contributed by atoms with Gasteiger partial charge < -0.3 is 10.8 Å². The fourth-order valence-corrected chi connectivity index (χ4v) is 0.562. The van der Waals surface area contributed by atoms with E-state index in [-0.39, 0.29) is 5.95 Å². The molecule has 0 saturated heterocycles. The Bertz CT molecular complexity index is 375. The number of anilines is 1. The number of aromatic amines is 1. The second-order valence-corrected chi connectivity index (χ2v) is 1.72. The number of hydrogen-bond donors (Lipinski definition) is 3. The van der Waals surface area contributed by atoms with Gasteiger partial charge in [-0.25, -0.2) is 0 Å². The quantitative estimate of drug-likeness (QED) is 0.436. The predicted molar refractivity (Wildman–Crippen MR) is 35.7 cm³/mol. The van der Waals surface area contributed by atoms with E-state index in [9.17, 15) is 4.79 Å². The number of nitrogen functional groups attached to an aromatic ring is 1. The fourth-order valence-electron chi connectivity index (χ4n) is 0.562. The summed E-state index contributed by atoms with van der Waals surface area (Å²) in [5, 5.41) is 17.0. The van der Waals surface area contributed by atoms with Gasteiger partial charge >= 0.3 is 17.1 Å². The zero-order chi connectivity index (χ0) is 8.43. The zero-order valence-electron chi connectivity index (χ0n) is 5.27. The molecule has 0 aliphatic rings. The van der Waals surface area contributed by atoms with Gasteiger partial charge in [0.05, 0.1) is 0 Å². The lowest BCUT2D eigenvalue weighted by Crippen LogP contribution is -2.09. The van der Waals surface area contributed by atoms with Crippen LogP contribution in [0, 0.1) is 5.39 Å². The molecule has 0 saturated carbocycles. The van der Waals surface area contributed by atoms with Crippen molar-refractivity contribution in [1.29, 1.82) is 5.39 Å². The molecule has 1 aromatic rings. The third kappa shape index (κ3) is 1.09. The Labute approximate surface area is 60.1 Å². The van der Waals surface area contributed by atoms with Crippen LogP contribution in [0.3, 0.4) is 0 Å². The first-order valence-electron chi connectivity index (χ1n) is 2.59. The van der Waals surface area contributed by atoms with Gasteiger partial charge in [0.15, 0.2) is 4.98 Å². The highest BCUT2D eigenvalue weighted by Crippen LogP contribution is 2.17. The molecule has 7 heteroatoms. The van der Waals surface area contributed by atoms with Crippen molar-refractivity contribution in [2.45, 2.75) is 0 Å². The third-order valence-corrected chi connectivity index (χ3v) is 0.995. The average Bonchev–Trinajstić information content (AvgIpc) is 1.85. The molecular weight excluding hydrogens is 150 g/mol. The number of H-pyrrole nitrogens is 1. The molecule has 0 aliphatic heterocycles. The van der Waals surface area contributed by atoms with Crippen molar-refractivity contribution in [2.24, 2.45) is 0 Å². The van der Waals surface area contributed by atoms with Crippen LogP contribution in [0.25, 0.3) is 4.98 Å². The average molecular weight is 154 g/mol. The van der Waals surface area contributed by atoms with Crippen molar-refractivity contribution in [2.75, 3.05) is 5.73 Å². The maximum atomic E-state index is 10.7. The Morgan fingerprint density at radius 2 is 2.36 bits per heavy atom. The van der Waals surface area contributed by atoms with E-state index in [1.807, 2.05) is 4.98 Å². The van der Waals surface area contributed by atoms with Crippen LogP contribution in [0.15, 0.2) is 4.79 Å². The van der Waals surface area contributed by atoms with Crippen LogP contribution in [0.2, 0.25) is 0 Å². The SMILES string of the molecule is N#[N+]c1c(O)nc(N)[nH]c1=O. The van der Waals surface area contributed by atoms with E-state index in [0.717, 1.165) is 0 Å². The first-order valence-corrected chi connectivity index (χ1v) is 2.59. The van der Waals surface area contributed by atoms with Crippen LogP contribution >= 0.6 is 0 Å². The van der Waals surface area contributed by atoms with E-state index < -0.39 is 17.1 Å². The molecule has 1 rings (SSSR count). The predicted octanol–water partition coefficient (Wildman–Crippen LogP) is -0.458. The van der Waals surface area contributed by atoms with E-state index in [0.29, 0.717) is 0 Å². The van der Waals surface area contributed by atoms with Gasteiger partial charge in [-0.2, -0.15) is 4.98 Å². The third-order valence-electron chi connectivity index (χ3n) is 0.995. The number of nitrogens with zero attached hydrogens (tertiary/aromatic N) is 3. The Morgan fingerprint density at radius 3 is 2.82 bits per heavy atom. The van der Waals surface area contributed by atoms with E-state index in [1.54, 1.807) is 0 Å². The summed E-state index contributed by atoms with van der Waals surface area (Å²) in [6.07, 6.45) is 0. The van der Waals surface area contributed by atoms with Crippen molar-refractivity contribution >= 4 is 11.6 Å². The summed E-state index contributed by atoms with van der Waals surface area (Å²) in [5.41, 5.74) is 3.68. The van der Waals surface area contributed by atoms with Crippen LogP contribution in [0.1, 0.15) is 0 Å². The summed E-state index contributed by atoms with van der Waals surface area (Å²) in [6.45, 7) is 0. The highest BCUT2D eigenvalue weighted by Gasteiger charge is 2.21. The number of aromatic nitrogens is 2. The Hall–Kier alpha value is -2.10. The maximum Gasteiger partial charge on any atom is 0.509 e. The first-order chi connectivity index (χ1) is 5.15. The molecule has 0 bridgehead atoms. The number of diazo groups is 1. The van der Waals surface area contributed by atoms with Gasteiger partial charge in [0, 0.05) is 0 Å². The number of hydrogen-bond acceptors (Lipinski definition) is 5. The number of aromatic hydroxyl groups is 1. The molecule has 0 fully saturated rings. The lowest BCUT2D eigenvalue weighted by atomic mass is 10.5. The fraction of sp³-hybridized carbons (Fsp3) is 0. The van der Waals surface area contributed by atoms with Gasteiger partial charge in [0.25, 0.3) is 0 Å². The molecule has 0 aromatic carbocycles. The molecular formula is C4H4N5O2+. The van der Waals surface area contributed by atoms with Gasteiger partial charge in [-0.3, -0.25) is 9.78 Å². The normalized spacial score (nSPS) is 9.00. The molecule has 7 nitrogen and oxygen atoms in total. The number of rotatable bonds is 0. The van der Waals surface area contributed by atoms with Crippen LogP contribution < -0.4 is 11.3 Å². The molecule has 4 N–H and O–H groups in total. The van der Waals surface area contributed by atoms with Crippen LogP contribution in [-0.2, 0) is 0 Å². The Morgan fingerprint density at radius 1 is 1.73 bits per heavy atom. The molecule has 0 unspecified atom stereocenters. The summed E-state index contributed by atoms with van der Waals surface area (Å²) in [6, 6.07) is 0. The highest BCUT2D eigenvalue weighted by atomic mass is 16.3. The lowest BCUT2D eigenvalue weighted by molar-refractivity contribution is 0.456. The topological polar surface area (TPSA) is 120 Å². The van der Waals surface area contributed by atoms with Gasteiger partial charge in [0.1, 0.15) is 0 Å². The first kappa shape index (κ1) is 7.01. The minimum atomic E-state index is -0.794. The van der Waals surface area contributed by atoms with E-state index >= 15 is 0 Å². The largest absolute Gasteiger partial charge is 0.509 e. The van der Waals surface area contributed by atoms with Crippen molar-refractivity contribution in [1.82, 2.24) is 9.97 Å². The van der Waals surface area contributed by atoms with Crippen molar-refractivity contribution in [3.05, 3.63) is 15.3 Å². The summed E-state index contributed by atoms with van der Waals surface area (Å²) in [5.74, 6) is -0.936. The molecule has 1 aromatic heterocycles. The molecule has 0 aliphatic carbocycles. The maximum absolute atomic E-state index is 10.7. The molecule has 11 heavy (non-hydrogen) atoms. The summed E-state index contributed by atoms with van der Waals surface area (Å²) >= 11 is 0. The van der Waals surface area contributed by atoms with Gasteiger partial charge in [-0.15, -0.1) is 0 Å². The minimum absolute atomic E-state index is 0.236. The van der Waals surface area contributed by atoms with Crippen LogP contribution in [0.4, 0.5) is 11.6 Å². The molecule has 56 valence electrons. The second-order valence-electron chi connectivity index (χ2n) is 1.72. The van der Waals surface area contributed by atoms with Gasteiger partial charge in [-0.05, 0) is 0 Å². The van der Waals surface area contributed by atoms with Gasteiger partial charge in [0.2, 0.25) is 11.3 Å². The zero-order valence-corrected chi connectivity index (χ0v) is 5.27. The molecule has 0 amide bonds. The lowest BCUT2D eigenvalue weighted by Gasteiger charge is -1.87. The highest BCUT2D eigenvalue weighted by molar-refractivity contribution is 5.51. The second kappa shape index (κ2) is 2.26. The Balaban J connectivity index is 3.53. The smallest absolute Gasteiger partial charge is 0.487 e. The minimum Gasteiger partial charge on any atom is -0.487 e. The van der Waals surface area contributed by atoms with Gasteiger partial charge in [-0.1, -0.05) is 0 Å². The number of nitrogens with two attached hydrogens (primary N) is 1. The van der Waals surface area contributed by atoms with E-state index in [2.05, 4.69) is 9.96 Å². The van der Waals surface area contributed by atoms with E-state index in [4.69, 9.17) is 16.2 Å². The molecule has 1 heterocycles. The summed E-state index contributed by atoms with van der Waals surface area (Å²) < 4.78 is 0. The van der Waals surface area contributed by atoms with Crippen LogP contribution in [-0.4, -0.2) is 15.1 Å². The van der Waals surface area contributed by atoms with Crippen molar-refractivity contribution < 1.29 is 5.11 Å². The van der Waals surface area contributed by atoms with Crippen molar-refractivity contribution in [3.63, 3.8) is 0 Å². The summed E-state index contributed by atoms with van der Waals surface area (Å²) in [4.78, 5) is 18.5. The van der Waals surface area contributed by atoms with E-state index in [1.165, 1.54) is 0 Å². The summed E-state index contributed by atoms with van der Waals surface area (Å²) in [7, 11) is 0. The van der Waals surface area contributed by atoms with Crippen LogP contribution in [0.5, 0.6) is 5.88 Å². The Kier molecular flexibility index (Phi) is 1.44. The van der Waals surface area contributed by atoms with Crippen molar-refractivity contribution in [3.8, 4) is 5.88 Å².